The van der Waals surface area contributed by atoms with E-state index in [1.165, 1.54) is 5.56 Å². The van der Waals surface area contributed by atoms with Gasteiger partial charge in [-0.15, -0.1) is 0 Å². The zero-order chi connectivity index (χ0) is 12.3. The summed E-state index contributed by atoms with van der Waals surface area (Å²) in [5.41, 5.74) is 2.08. The van der Waals surface area contributed by atoms with Gasteiger partial charge in [0.15, 0.2) is 0 Å². The number of benzene rings is 1. The van der Waals surface area contributed by atoms with Gasteiger partial charge < -0.3 is 15.2 Å². The molecular weight excluding hydrogens is 214 g/mol. The number of nitrogens with one attached hydrogen (secondary N) is 1. The lowest BCUT2D eigenvalue weighted by atomic mass is 9.87. The Hall–Kier alpha value is -1.06. The van der Waals surface area contributed by atoms with E-state index in [-0.39, 0.29) is 18.2 Å². The number of hydrogen-bond acceptors (Lipinski definition) is 3. The average Bonchev–Trinajstić information content (AvgIpc) is 2.32. The number of aliphatic hydroxyl groups is 1. The maximum absolute atomic E-state index is 9.66. The van der Waals surface area contributed by atoms with Crippen LogP contribution in [0.2, 0.25) is 0 Å². The highest BCUT2D eigenvalue weighted by Crippen LogP contribution is 2.28. The van der Waals surface area contributed by atoms with Crippen LogP contribution in [0.1, 0.15) is 25.3 Å². The van der Waals surface area contributed by atoms with Crippen LogP contribution in [-0.4, -0.2) is 30.0 Å². The monoisotopic (exact) mass is 235 g/mol. The van der Waals surface area contributed by atoms with Gasteiger partial charge in [-0.25, -0.2) is 0 Å². The molecule has 2 atom stereocenters. The van der Waals surface area contributed by atoms with E-state index in [0.717, 1.165) is 18.5 Å². The summed E-state index contributed by atoms with van der Waals surface area (Å²) in [6, 6.07) is 8.28. The van der Waals surface area contributed by atoms with E-state index in [4.69, 9.17) is 4.74 Å². The highest BCUT2D eigenvalue weighted by atomic mass is 16.5. The number of ether oxygens (including phenoxy) is 1. The molecule has 1 aromatic rings. The van der Waals surface area contributed by atoms with Gasteiger partial charge in [0.2, 0.25) is 0 Å². The molecular formula is C14H21NO2. The lowest BCUT2D eigenvalue weighted by Crippen LogP contribution is -2.49. The van der Waals surface area contributed by atoms with Crippen molar-refractivity contribution >= 4 is 5.69 Å². The topological polar surface area (TPSA) is 41.5 Å². The van der Waals surface area contributed by atoms with Gasteiger partial charge in [0.05, 0.1) is 18.2 Å². The van der Waals surface area contributed by atoms with Gasteiger partial charge in [-0.3, -0.25) is 0 Å². The molecule has 2 unspecified atom stereocenters. The third-order valence-corrected chi connectivity index (χ3v) is 3.42. The van der Waals surface area contributed by atoms with Crippen LogP contribution < -0.4 is 5.32 Å². The summed E-state index contributed by atoms with van der Waals surface area (Å²) in [6.07, 6.45) is 1.90. The molecule has 1 fully saturated rings. The number of rotatable bonds is 3. The summed E-state index contributed by atoms with van der Waals surface area (Å²) in [5.74, 6) is 0. The van der Waals surface area contributed by atoms with Crippen molar-refractivity contribution in [3.05, 3.63) is 29.8 Å². The maximum atomic E-state index is 9.66. The zero-order valence-electron chi connectivity index (χ0n) is 10.6. The fourth-order valence-corrected chi connectivity index (χ4v) is 2.41. The van der Waals surface area contributed by atoms with Gasteiger partial charge in [0, 0.05) is 12.3 Å². The first-order chi connectivity index (χ1) is 8.13. The Morgan fingerprint density at radius 2 is 2.12 bits per heavy atom. The fraction of sp³-hybridized carbons (Fsp3) is 0.571. The summed E-state index contributed by atoms with van der Waals surface area (Å²) >= 11 is 0. The van der Waals surface area contributed by atoms with E-state index in [1.54, 1.807) is 0 Å². The Kier molecular flexibility index (Phi) is 3.69. The number of anilines is 1. The third-order valence-electron chi connectivity index (χ3n) is 3.42. The fourth-order valence-electron chi connectivity index (χ4n) is 2.41. The van der Waals surface area contributed by atoms with Crippen molar-refractivity contribution in [2.24, 2.45) is 0 Å². The first kappa shape index (κ1) is 12.4. The lowest BCUT2D eigenvalue weighted by Gasteiger charge is -2.40. The highest BCUT2D eigenvalue weighted by molar-refractivity contribution is 5.47. The minimum atomic E-state index is -0.229. The normalized spacial score (nSPS) is 29.0. The van der Waals surface area contributed by atoms with Gasteiger partial charge in [0.25, 0.3) is 0 Å². The van der Waals surface area contributed by atoms with Crippen LogP contribution >= 0.6 is 0 Å². The second-order valence-corrected chi connectivity index (χ2v) is 5.07. The summed E-state index contributed by atoms with van der Waals surface area (Å²) in [5, 5.41) is 13.1. The van der Waals surface area contributed by atoms with Gasteiger partial charge in [-0.2, -0.15) is 0 Å². The van der Waals surface area contributed by atoms with Crippen molar-refractivity contribution in [1.82, 2.24) is 0 Å². The Morgan fingerprint density at radius 3 is 2.71 bits per heavy atom. The molecule has 3 nitrogen and oxygen atoms in total. The molecule has 2 N–H and O–H groups in total. The predicted molar refractivity (Wildman–Crippen MR) is 69.3 cm³/mol. The van der Waals surface area contributed by atoms with Crippen molar-refractivity contribution in [3.8, 4) is 0 Å². The molecule has 0 amide bonds. The summed E-state index contributed by atoms with van der Waals surface area (Å²) in [4.78, 5) is 0. The molecule has 0 aromatic heterocycles. The van der Waals surface area contributed by atoms with Crippen LogP contribution in [0.15, 0.2) is 24.3 Å². The van der Waals surface area contributed by atoms with E-state index in [9.17, 15) is 5.11 Å². The Morgan fingerprint density at radius 1 is 1.41 bits per heavy atom. The highest BCUT2D eigenvalue weighted by Gasteiger charge is 2.34. The molecule has 1 saturated heterocycles. The van der Waals surface area contributed by atoms with E-state index in [0.29, 0.717) is 6.61 Å². The number of aliphatic hydroxyl groups excluding tert-OH is 1. The van der Waals surface area contributed by atoms with Crippen LogP contribution in [0.4, 0.5) is 5.69 Å². The Balaban J connectivity index is 2.10. The maximum Gasteiger partial charge on any atom is 0.0663 e. The van der Waals surface area contributed by atoms with Crippen molar-refractivity contribution in [3.63, 3.8) is 0 Å². The minimum Gasteiger partial charge on any atom is -0.394 e. The van der Waals surface area contributed by atoms with Crippen molar-refractivity contribution in [2.45, 2.75) is 38.3 Å². The molecule has 1 aliphatic rings. The summed E-state index contributed by atoms with van der Waals surface area (Å²) < 4.78 is 5.54. The quantitative estimate of drug-likeness (QED) is 0.845. The molecule has 1 aromatic carbocycles. The molecule has 0 radical (unpaired) electrons. The van der Waals surface area contributed by atoms with Crippen LogP contribution in [0, 0.1) is 6.92 Å². The van der Waals surface area contributed by atoms with E-state index >= 15 is 0 Å². The smallest absolute Gasteiger partial charge is 0.0663 e. The van der Waals surface area contributed by atoms with Crippen LogP contribution in [-0.2, 0) is 4.74 Å². The van der Waals surface area contributed by atoms with E-state index in [1.807, 2.05) is 0 Å². The van der Waals surface area contributed by atoms with Crippen molar-refractivity contribution in [1.29, 1.82) is 0 Å². The molecule has 0 saturated carbocycles. The minimum absolute atomic E-state index is 0.147. The molecule has 94 valence electrons. The molecule has 0 bridgehead atoms. The van der Waals surface area contributed by atoms with Crippen LogP contribution in [0.3, 0.4) is 0 Å². The largest absolute Gasteiger partial charge is 0.394 e. The number of hydrogen-bond donors (Lipinski definition) is 2. The van der Waals surface area contributed by atoms with Crippen LogP contribution in [0.5, 0.6) is 0 Å². The number of aryl methyl sites for hydroxylation is 1. The SMILES string of the molecule is Cc1ccc(NC2(CO)CCOC(C)C2)cc1. The molecule has 1 aliphatic heterocycles. The van der Waals surface area contributed by atoms with Gasteiger partial charge in [-0.1, -0.05) is 17.7 Å². The molecule has 0 aliphatic carbocycles. The molecule has 2 rings (SSSR count). The first-order valence-electron chi connectivity index (χ1n) is 6.21. The average molecular weight is 235 g/mol. The van der Waals surface area contributed by atoms with E-state index in [2.05, 4.69) is 43.4 Å². The van der Waals surface area contributed by atoms with Crippen molar-refractivity contribution in [2.75, 3.05) is 18.5 Å². The molecule has 1 heterocycles. The Labute approximate surface area is 103 Å². The third kappa shape index (κ3) is 2.99. The molecule has 3 heteroatoms. The Bertz CT molecular complexity index is 363. The second-order valence-electron chi connectivity index (χ2n) is 5.07. The van der Waals surface area contributed by atoms with Crippen molar-refractivity contribution < 1.29 is 9.84 Å². The summed E-state index contributed by atoms with van der Waals surface area (Å²) in [6.45, 7) is 4.98. The van der Waals surface area contributed by atoms with Crippen LogP contribution in [0.25, 0.3) is 0 Å². The second kappa shape index (κ2) is 5.07. The molecule has 17 heavy (non-hydrogen) atoms. The van der Waals surface area contributed by atoms with E-state index < -0.39 is 0 Å². The van der Waals surface area contributed by atoms with Gasteiger partial charge >= 0.3 is 0 Å². The summed E-state index contributed by atoms with van der Waals surface area (Å²) in [7, 11) is 0. The standard InChI is InChI=1S/C14H21NO2/c1-11-3-5-13(6-4-11)15-14(10-16)7-8-17-12(2)9-14/h3-6,12,15-16H,7-10H2,1-2H3. The van der Waals surface area contributed by atoms with Gasteiger partial charge in [0.1, 0.15) is 0 Å². The molecule has 0 spiro atoms. The van der Waals surface area contributed by atoms with Gasteiger partial charge in [-0.05, 0) is 38.8 Å². The lowest BCUT2D eigenvalue weighted by molar-refractivity contribution is -0.0160. The predicted octanol–water partition coefficient (Wildman–Crippen LogP) is 2.34. The first-order valence-corrected chi connectivity index (χ1v) is 6.21. The zero-order valence-corrected chi connectivity index (χ0v) is 10.6.